The number of nitrogens with zero attached hydrogens (tertiary/aromatic N) is 5. The highest BCUT2D eigenvalue weighted by Gasteiger charge is 2.32. The number of para-hydroxylation sites is 2. The molecule has 2 amide bonds. The summed E-state index contributed by atoms with van der Waals surface area (Å²) in [5.74, 6) is 1.34. The Hall–Kier alpha value is -3.19. The van der Waals surface area contributed by atoms with Gasteiger partial charge in [-0.05, 0) is 43.7 Å². The SMILES string of the molecule is Cn1c(CN2CCC[C@H](C(=O)N3CCN(C(=O)c4ccccc4)CC3)C2)nc2ccccc21. The number of carbonyl (C=O) groups is 2. The number of carbonyl (C=O) groups excluding carboxylic acids is 2. The molecule has 2 aromatic carbocycles. The number of fused-ring (bicyclic) bond motifs is 1. The van der Waals surface area contributed by atoms with Gasteiger partial charge < -0.3 is 14.4 Å². The smallest absolute Gasteiger partial charge is 0.253 e. The van der Waals surface area contributed by atoms with Gasteiger partial charge in [-0.15, -0.1) is 0 Å². The van der Waals surface area contributed by atoms with Gasteiger partial charge in [0.05, 0.1) is 23.5 Å². The van der Waals surface area contributed by atoms with E-state index in [1.165, 1.54) is 0 Å². The van der Waals surface area contributed by atoms with Gasteiger partial charge in [0.2, 0.25) is 5.91 Å². The summed E-state index contributed by atoms with van der Waals surface area (Å²) >= 11 is 0. The van der Waals surface area contributed by atoms with Crippen LogP contribution in [0.2, 0.25) is 0 Å². The first-order valence-electron chi connectivity index (χ1n) is 11.9. The Morgan fingerprint density at radius 1 is 0.909 bits per heavy atom. The van der Waals surface area contributed by atoms with Crippen molar-refractivity contribution in [1.82, 2.24) is 24.3 Å². The van der Waals surface area contributed by atoms with Crippen LogP contribution in [-0.2, 0) is 18.4 Å². The lowest BCUT2D eigenvalue weighted by atomic mass is 9.96. The van der Waals surface area contributed by atoms with Gasteiger partial charge in [-0.3, -0.25) is 14.5 Å². The van der Waals surface area contributed by atoms with Gasteiger partial charge >= 0.3 is 0 Å². The summed E-state index contributed by atoms with van der Waals surface area (Å²) in [5, 5.41) is 0. The molecule has 2 aliphatic rings. The van der Waals surface area contributed by atoms with Crippen molar-refractivity contribution in [3.8, 4) is 0 Å². The molecule has 0 saturated carbocycles. The number of piperidine rings is 1. The number of imidazole rings is 1. The van der Waals surface area contributed by atoms with E-state index in [1.807, 2.05) is 58.3 Å². The van der Waals surface area contributed by atoms with Crippen LogP contribution in [0.1, 0.15) is 29.0 Å². The summed E-state index contributed by atoms with van der Waals surface area (Å²) in [7, 11) is 2.06. The first-order chi connectivity index (χ1) is 16.1. The van der Waals surface area contributed by atoms with Crippen molar-refractivity contribution in [1.29, 1.82) is 0 Å². The second kappa shape index (κ2) is 9.35. The number of rotatable bonds is 4. The van der Waals surface area contributed by atoms with Crippen LogP contribution in [0.4, 0.5) is 0 Å². The Bertz CT molecular complexity index is 1130. The van der Waals surface area contributed by atoms with Crippen LogP contribution in [0.5, 0.6) is 0 Å². The average molecular weight is 446 g/mol. The van der Waals surface area contributed by atoms with E-state index < -0.39 is 0 Å². The van der Waals surface area contributed by atoms with E-state index in [0.29, 0.717) is 31.7 Å². The van der Waals surface area contributed by atoms with E-state index in [2.05, 4.69) is 22.6 Å². The number of likely N-dealkylation sites (tertiary alicyclic amines) is 1. The Labute approximate surface area is 194 Å². The van der Waals surface area contributed by atoms with Crippen LogP contribution in [0.25, 0.3) is 11.0 Å². The lowest BCUT2D eigenvalue weighted by molar-refractivity contribution is -0.139. The number of piperazine rings is 1. The fourth-order valence-electron chi connectivity index (χ4n) is 5.09. The molecule has 1 atom stereocenters. The molecule has 2 fully saturated rings. The molecule has 0 unspecified atom stereocenters. The van der Waals surface area contributed by atoms with E-state index in [0.717, 1.165) is 49.3 Å². The molecule has 33 heavy (non-hydrogen) atoms. The zero-order chi connectivity index (χ0) is 22.8. The van der Waals surface area contributed by atoms with Crippen LogP contribution in [0.15, 0.2) is 54.6 Å². The minimum absolute atomic E-state index is 0.0183. The molecular weight excluding hydrogens is 414 g/mol. The largest absolute Gasteiger partial charge is 0.339 e. The molecule has 3 heterocycles. The molecule has 0 spiro atoms. The third-order valence-electron chi connectivity index (χ3n) is 7.00. The third-order valence-corrected chi connectivity index (χ3v) is 7.00. The maximum atomic E-state index is 13.3. The molecule has 7 nitrogen and oxygen atoms in total. The Balaban J connectivity index is 1.17. The lowest BCUT2D eigenvalue weighted by Gasteiger charge is -2.39. The first kappa shape index (κ1) is 21.6. The Morgan fingerprint density at radius 2 is 1.61 bits per heavy atom. The fraction of sp³-hybridized carbons (Fsp3) is 0.423. The molecule has 5 rings (SSSR count). The maximum Gasteiger partial charge on any atom is 0.253 e. The topological polar surface area (TPSA) is 61.7 Å². The highest BCUT2D eigenvalue weighted by molar-refractivity contribution is 5.94. The molecule has 0 radical (unpaired) electrons. The van der Waals surface area contributed by atoms with Crippen molar-refractivity contribution in [2.75, 3.05) is 39.3 Å². The standard InChI is InChI=1S/C26H31N5O2/c1-28-23-12-6-5-11-22(23)27-24(28)19-29-13-7-10-21(18-29)26(33)31-16-14-30(15-17-31)25(32)20-8-3-2-4-9-20/h2-6,8-9,11-12,21H,7,10,13-19H2,1H3/t21-/m0/s1. The van der Waals surface area contributed by atoms with Crippen molar-refractivity contribution >= 4 is 22.8 Å². The second-order valence-electron chi connectivity index (χ2n) is 9.13. The summed E-state index contributed by atoms with van der Waals surface area (Å²) in [6.45, 7) is 4.93. The van der Waals surface area contributed by atoms with E-state index in [4.69, 9.17) is 4.98 Å². The molecule has 2 saturated heterocycles. The van der Waals surface area contributed by atoms with Gasteiger partial charge in [-0.25, -0.2) is 4.98 Å². The van der Waals surface area contributed by atoms with Crippen molar-refractivity contribution < 1.29 is 9.59 Å². The summed E-state index contributed by atoms with van der Waals surface area (Å²) in [6.07, 6.45) is 1.95. The van der Waals surface area contributed by atoms with E-state index >= 15 is 0 Å². The summed E-state index contributed by atoms with van der Waals surface area (Å²) in [6, 6.07) is 17.6. The predicted octanol–water partition coefficient (Wildman–Crippen LogP) is 2.77. The van der Waals surface area contributed by atoms with E-state index in [9.17, 15) is 9.59 Å². The minimum Gasteiger partial charge on any atom is -0.339 e. The van der Waals surface area contributed by atoms with Crippen LogP contribution in [0, 0.1) is 5.92 Å². The molecule has 0 N–H and O–H groups in total. The fourth-order valence-corrected chi connectivity index (χ4v) is 5.09. The van der Waals surface area contributed by atoms with Gasteiger partial charge in [-0.2, -0.15) is 0 Å². The first-order valence-corrected chi connectivity index (χ1v) is 11.9. The van der Waals surface area contributed by atoms with Gasteiger partial charge in [-0.1, -0.05) is 30.3 Å². The number of benzene rings is 2. The van der Waals surface area contributed by atoms with Crippen molar-refractivity contribution in [2.45, 2.75) is 19.4 Å². The van der Waals surface area contributed by atoms with E-state index in [-0.39, 0.29) is 17.7 Å². The normalized spacial score (nSPS) is 19.7. The number of aryl methyl sites for hydroxylation is 1. The molecule has 7 heteroatoms. The zero-order valence-corrected chi connectivity index (χ0v) is 19.2. The summed E-state index contributed by atoms with van der Waals surface area (Å²) < 4.78 is 2.16. The van der Waals surface area contributed by atoms with Gasteiger partial charge in [0, 0.05) is 45.3 Å². The summed E-state index contributed by atoms with van der Waals surface area (Å²) in [5.41, 5.74) is 2.87. The average Bonchev–Trinajstić information content (AvgIpc) is 3.19. The van der Waals surface area contributed by atoms with Crippen LogP contribution < -0.4 is 0 Å². The highest BCUT2D eigenvalue weighted by atomic mass is 16.2. The predicted molar refractivity (Wildman–Crippen MR) is 128 cm³/mol. The van der Waals surface area contributed by atoms with Gasteiger partial charge in [0.1, 0.15) is 5.82 Å². The maximum absolute atomic E-state index is 13.3. The molecule has 3 aromatic rings. The molecule has 172 valence electrons. The second-order valence-corrected chi connectivity index (χ2v) is 9.13. The van der Waals surface area contributed by atoms with Gasteiger partial charge in [0.15, 0.2) is 0 Å². The zero-order valence-electron chi connectivity index (χ0n) is 19.2. The lowest BCUT2D eigenvalue weighted by Crippen LogP contribution is -2.53. The van der Waals surface area contributed by atoms with Crippen LogP contribution in [0.3, 0.4) is 0 Å². The molecule has 0 aliphatic carbocycles. The number of hydrogen-bond acceptors (Lipinski definition) is 4. The quantitative estimate of drug-likeness (QED) is 0.620. The summed E-state index contributed by atoms with van der Waals surface area (Å²) in [4.78, 5) is 37.0. The minimum atomic E-state index is 0.0183. The highest BCUT2D eigenvalue weighted by Crippen LogP contribution is 2.23. The van der Waals surface area contributed by atoms with E-state index in [1.54, 1.807) is 0 Å². The van der Waals surface area contributed by atoms with Crippen molar-refractivity contribution in [3.63, 3.8) is 0 Å². The Kier molecular flexibility index (Phi) is 6.13. The third kappa shape index (κ3) is 4.50. The monoisotopic (exact) mass is 445 g/mol. The molecular formula is C26H31N5O2. The van der Waals surface area contributed by atoms with Gasteiger partial charge in [0.25, 0.3) is 5.91 Å². The Morgan fingerprint density at radius 3 is 2.36 bits per heavy atom. The van der Waals surface area contributed by atoms with Crippen LogP contribution in [-0.4, -0.2) is 75.3 Å². The number of aromatic nitrogens is 2. The number of hydrogen-bond donors (Lipinski definition) is 0. The number of amides is 2. The molecule has 2 aliphatic heterocycles. The van der Waals surface area contributed by atoms with Crippen molar-refractivity contribution in [3.05, 3.63) is 66.0 Å². The van der Waals surface area contributed by atoms with Crippen molar-refractivity contribution in [2.24, 2.45) is 13.0 Å². The van der Waals surface area contributed by atoms with Crippen LogP contribution >= 0.6 is 0 Å². The molecule has 0 bridgehead atoms. The molecule has 1 aromatic heterocycles.